The molecule has 0 atom stereocenters. The summed E-state index contributed by atoms with van der Waals surface area (Å²) in [4.78, 5) is 11.2. The molecule has 0 saturated carbocycles. The molecule has 0 amide bonds. The zero-order valence-electron chi connectivity index (χ0n) is 8.79. The number of halogens is 1. The molecule has 15 heavy (non-hydrogen) atoms. The van der Waals surface area contributed by atoms with E-state index in [4.69, 9.17) is 0 Å². The Hall–Kier alpha value is -0.670. The molecule has 1 rings (SSSR count). The van der Waals surface area contributed by atoms with E-state index in [0.717, 1.165) is 23.1 Å². The van der Waals surface area contributed by atoms with E-state index in [2.05, 4.69) is 22.9 Å². The molecule has 0 heterocycles. The van der Waals surface area contributed by atoms with Crippen LogP contribution in [0.3, 0.4) is 0 Å². The Morgan fingerprint density at radius 3 is 2.67 bits per heavy atom. The third-order valence-corrected chi connectivity index (χ3v) is 3.00. The first-order valence-electron chi connectivity index (χ1n) is 5.00. The van der Waals surface area contributed by atoms with Crippen LogP contribution >= 0.6 is 15.9 Å². The Bertz CT molecular complexity index is 347. The number of benzene rings is 1. The summed E-state index contributed by atoms with van der Waals surface area (Å²) in [5.41, 5.74) is 3.05. The van der Waals surface area contributed by atoms with Gasteiger partial charge in [0.25, 0.3) is 0 Å². The van der Waals surface area contributed by atoms with Crippen molar-refractivity contribution in [3.8, 4) is 0 Å². The van der Waals surface area contributed by atoms with E-state index < -0.39 is 0 Å². The monoisotopic (exact) mass is 270 g/mol. The second-order valence-electron chi connectivity index (χ2n) is 3.46. The molecule has 1 aromatic carbocycles. The maximum Gasteiger partial charge on any atom is 0.147 e. The van der Waals surface area contributed by atoms with E-state index in [-0.39, 0.29) is 12.4 Å². The highest BCUT2D eigenvalue weighted by Gasteiger charge is 2.05. The molecule has 0 fully saturated rings. The van der Waals surface area contributed by atoms with Crippen molar-refractivity contribution in [1.29, 1.82) is 0 Å². The van der Waals surface area contributed by atoms with Gasteiger partial charge in [-0.2, -0.15) is 0 Å². The molecule has 0 aliphatic heterocycles. The van der Waals surface area contributed by atoms with Crippen molar-refractivity contribution in [3.05, 3.63) is 34.9 Å². The van der Waals surface area contributed by atoms with Crippen molar-refractivity contribution in [2.45, 2.75) is 26.4 Å². The van der Waals surface area contributed by atoms with E-state index >= 15 is 0 Å². The fraction of sp³-hybridized carbons (Fsp3) is 0.417. The lowest BCUT2D eigenvalue weighted by Gasteiger charge is -2.07. The highest BCUT2D eigenvalue weighted by molar-refractivity contribution is 9.09. The summed E-state index contributed by atoms with van der Waals surface area (Å²) in [5, 5.41) is 9.56. The van der Waals surface area contributed by atoms with Crippen molar-refractivity contribution < 1.29 is 9.90 Å². The highest BCUT2D eigenvalue weighted by Crippen LogP contribution is 2.14. The molecule has 2 nitrogen and oxygen atoms in total. The number of aliphatic hydroxyl groups is 1. The lowest BCUT2D eigenvalue weighted by Crippen LogP contribution is -2.04. The Morgan fingerprint density at radius 2 is 2.13 bits per heavy atom. The van der Waals surface area contributed by atoms with Gasteiger partial charge in [-0.1, -0.05) is 41.1 Å². The zero-order chi connectivity index (χ0) is 11.3. The normalized spacial score (nSPS) is 10.3. The first kappa shape index (κ1) is 12.4. The van der Waals surface area contributed by atoms with Crippen molar-refractivity contribution in [1.82, 2.24) is 0 Å². The minimum absolute atomic E-state index is 0.0412. The Kier molecular flexibility index (Phi) is 4.99. The molecular formula is C12H15BrO2. The molecule has 1 aromatic rings. The molecule has 0 aliphatic rings. The molecule has 3 heteroatoms. The molecule has 1 N–H and O–H groups in total. The standard InChI is InChI=1S/C12H15BrO2/c1-2-10-4-3-9(5-11(10)8-14)6-12(15)7-13/h3-5,14H,2,6-8H2,1H3. The number of alkyl halides is 1. The van der Waals surface area contributed by atoms with E-state index in [9.17, 15) is 9.90 Å². The third-order valence-electron chi connectivity index (χ3n) is 2.37. The molecule has 0 spiro atoms. The van der Waals surface area contributed by atoms with Gasteiger partial charge in [-0.15, -0.1) is 0 Å². The zero-order valence-corrected chi connectivity index (χ0v) is 10.4. The lowest BCUT2D eigenvalue weighted by atomic mass is 10.00. The van der Waals surface area contributed by atoms with Gasteiger partial charge in [-0.25, -0.2) is 0 Å². The van der Waals surface area contributed by atoms with Gasteiger partial charge in [0.1, 0.15) is 5.78 Å². The van der Waals surface area contributed by atoms with E-state index in [0.29, 0.717) is 11.8 Å². The van der Waals surface area contributed by atoms with Crippen LogP contribution in [0.25, 0.3) is 0 Å². The third kappa shape index (κ3) is 3.43. The minimum Gasteiger partial charge on any atom is -0.392 e. The van der Waals surface area contributed by atoms with Gasteiger partial charge in [0.15, 0.2) is 0 Å². The second kappa shape index (κ2) is 6.03. The summed E-state index contributed by atoms with van der Waals surface area (Å²) >= 11 is 3.14. The lowest BCUT2D eigenvalue weighted by molar-refractivity contribution is -0.115. The summed E-state index contributed by atoms with van der Waals surface area (Å²) in [7, 11) is 0. The van der Waals surface area contributed by atoms with E-state index in [1.165, 1.54) is 0 Å². The van der Waals surface area contributed by atoms with Crippen molar-refractivity contribution in [2.75, 3.05) is 5.33 Å². The van der Waals surface area contributed by atoms with Gasteiger partial charge >= 0.3 is 0 Å². The predicted molar refractivity (Wildman–Crippen MR) is 64.2 cm³/mol. The van der Waals surface area contributed by atoms with Gasteiger partial charge in [0.05, 0.1) is 11.9 Å². The van der Waals surface area contributed by atoms with E-state index in [1.807, 2.05) is 18.2 Å². The second-order valence-corrected chi connectivity index (χ2v) is 4.02. The number of aryl methyl sites for hydroxylation is 1. The number of carbonyl (C=O) groups is 1. The number of rotatable bonds is 5. The quantitative estimate of drug-likeness (QED) is 0.834. The van der Waals surface area contributed by atoms with Crippen LogP contribution in [-0.4, -0.2) is 16.2 Å². The minimum atomic E-state index is 0.0412. The van der Waals surface area contributed by atoms with Crippen LogP contribution in [0.5, 0.6) is 0 Å². The van der Waals surface area contributed by atoms with Gasteiger partial charge < -0.3 is 5.11 Å². The predicted octanol–water partition coefficient (Wildman–Crippen LogP) is 2.25. The Labute approximate surface area is 98.4 Å². The molecule has 0 unspecified atom stereocenters. The topological polar surface area (TPSA) is 37.3 Å². The first-order valence-corrected chi connectivity index (χ1v) is 6.12. The van der Waals surface area contributed by atoms with Crippen molar-refractivity contribution in [3.63, 3.8) is 0 Å². The molecule has 0 aliphatic carbocycles. The van der Waals surface area contributed by atoms with Gasteiger partial charge in [-0.3, -0.25) is 4.79 Å². The van der Waals surface area contributed by atoms with Crippen LogP contribution < -0.4 is 0 Å². The summed E-state index contributed by atoms with van der Waals surface area (Å²) in [6.07, 6.45) is 1.34. The van der Waals surface area contributed by atoms with Gasteiger partial charge in [0.2, 0.25) is 0 Å². The Morgan fingerprint density at radius 1 is 1.40 bits per heavy atom. The number of hydrogen-bond acceptors (Lipinski definition) is 2. The van der Waals surface area contributed by atoms with Crippen LogP contribution in [0.2, 0.25) is 0 Å². The van der Waals surface area contributed by atoms with Crippen molar-refractivity contribution >= 4 is 21.7 Å². The maximum absolute atomic E-state index is 11.2. The molecule has 0 bridgehead atoms. The summed E-state index contributed by atoms with van der Waals surface area (Å²) in [6, 6.07) is 5.86. The van der Waals surface area contributed by atoms with Crippen LogP contribution in [0.4, 0.5) is 0 Å². The smallest absolute Gasteiger partial charge is 0.147 e. The highest BCUT2D eigenvalue weighted by atomic mass is 79.9. The Balaban J connectivity index is 2.88. The molecule has 82 valence electrons. The summed E-state index contributed by atoms with van der Waals surface area (Å²) in [6.45, 7) is 2.09. The largest absolute Gasteiger partial charge is 0.392 e. The van der Waals surface area contributed by atoms with Crippen LogP contribution in [0, 0.1) is 0 Å². The number of aliphatic hydroxyl groups excluding tert-OH is 1. The molecule has 0 aromatic heterocycles. The number of hydrogen-bond donors (Lipinski definition) is 1. The first-order chi connectivity index (χ1) is 7.21. The SMILES string of the molecule is CCc1ccc(CC(=O)CBr)cc1CO. The number of Topliss-reactive ketones (excluding diaryl/α,β-unsaturated/α-hetero) is 1. The summed E-state index contributed by atoms with van der Waals surface area (Å²) in [5.74, 6) is 0.156. The van der Waals surface area contributed by atoms with Gasteiger partial charge in [-0.05, 0) is 23.1 Å². The number of ketones is 1. The summed E-state index contributed by atoms with van der Waals surface area (Å²) < 4.78 is 0. The average molecular weight is 271 g/mol. The van der Waals surface area contributed by atoms with Crippen molar-refractivity contribution in [2.24, 2.45) is 0 Å². The average Bonchev–Trinajstić information content (AvgIpc) is 2.28. The number of carbonyl (C=O) groups excluding carboxylic acids is 1. The molecule has 0 saturated heterocycles. The fourth-order valence-corrected chi connectivity index (χ4v) is 1.75. The van der Waals surface area contributed by atoms with E-state index in [1.54, 1.807) is 0 Å². The van der Waals surface area contributed by atoms with Gasteiger partial charge in [0, 0.05) is 6.42 Å². The fourth-order valence-electron chi connectivity index (χ4n) is 1.56. The van der Waals surface area contributed by atoms with Crippen LogP contribution in [0.1, 0.15) is 23.6 Å². The molecule has 0 radical (unpaired) electrons. The van der Waals surface area contributed by atoms with Crippen LogP contribution in [0.15, 0.2) is 18.2 Å². The van der Waals surface area contributed by atoms with Crippen LogP contribution in [-0.2, 0) is 24.2 Å². The molecular weight excluding hydrogens is 256 g/mol. The maximum atomic E-state index is 11.2.